The zero-order valence-corrected chi connectivity index (χ0v) is 15.9. The van der Waals surface area contributed by atoms with E-state index in [1.54, 1.807) is 23.9 Å². The number of amides is 1. The Morgan fingerprint density at radius 1 is 1.20 bits per heavy atom. The van der Waals surface area contributed by atoms with Crippen LogP contribution in [0.25, 0.3) is 0 Å². The first kappa shape index (κ1) is 19.5. The Labute approximate surface area is 153 Å². The number of aryl methyl sites for hydroxylation is 1. The third-order valence-corrected chi connectivity index (χ3v) is 5.60. The van der Waals surface area contributed by atoms with Gasteiger partial charge < -0.3 is 5.32 Å². The fourth-order valence-corrected chi connectivity index (χ4v) is 3.68. The molecular formula is C18H22N2O3S2. The molecule has 0 heterocycles. The van der Waals surface area contributed by atoms with E-state index in [-0.39, 0.29) is 16.8 Å². The van der Waals surface area contributed by atoms with Gasteiger partial charge in [0.05, 0.1) is 16.7 Å². The Kier molecular flexibility index (Phi) is 6.64. The zero-order chi connectivity index (χ0) is 18.4. The number of hydrogen-bond acceptors (Lipinski definition) is 4. The molecule has 0 spiro atoms. The number of benzene rings is 2. The molecule has 3 N–H and O–H groups in total. The van der Waals surface area contributed by atoms with Gasteiger partial charge in [-0.1, -0.05) is 42.0 Å². The Hall–Kier alpha value is -1.83. The summed E-state index contributed by atoms with van der Waals surface area (Å²) in [5.41, 5.74) is 3.23. The summed E-state index contributed by atoms with van der Waals surface area (Å²) in [4.78, 5) is 12.1. The molecular weight excluding hydrogens is 356 g/mol. The molecule has 0 aromatic heterocycles. The molecule has 0 aliphatic rings. The van der Waals surface area contributed by atoms with Gasteiger partial charge in [-0.25, -0.2) is 13.6 Å². The summed E-state index contributed by atoms with van der Waals surface area (Å²) >= 11 is 1.56. The number of rotatable bonds is 7. The van der Waals surface area contributed by atoms with Crippen molar-refractivity contribution in [3.63, 3.8) is 0 Å². The molecule has 1 amide bonds. The van der Waals surface area contributed by atoms with Crippen LogP contribution in [0.3, 0.4) is 0 Å². The van der Waals surface area contributed by atoms with Gasteiger partial charge in [0.25, 0.3) is 0 Å². The van der Waals surface area contributed by atoms with E-state index in [1.807, 2.05) is 32.0 Å². The van der Waals surface area contributed by atoms with E-state index in [2.05, 4.69) is 11.4 Å². The van der Waals surface area contributed by atoms with Gasteiger partial charge in [-0.15, -0.1) is 11.8 Å². The standard InChI is InChI=1S/C18H22N2O3S2/c1-13-4-3-5-15(10-13)11-24-12-18(21)20-14(2)16-6-8-17(9-7-16)25(19,22)23/h3-10,14H,11-12H2,1-2H3,(H,20,21)(H2,19,22,23)/t14-/m1/s1. The van der Waals surface area contributed by atoms with Crippen LogP contribution in [0.15, 0.2) is 53.4 Å². The second-order valence-electron chi connectivity index (χ2n) is 5.89. The third kappa shape index (κ3) is 6.19. The molecule has 0 radical (unpaired) electrons. The van der Waals surface area contributed by atoms with Crippen molar-refractivity contribution >= 4 is 27.7 Å². The van der Waals surface area contributed by atoms with Gasteiger partial charge in [-0.2, -0.15) is 0 Å². The van der Waals surface area contributed by atoms with Crippen molar-refractivity contribution < 1.29 is 13.2 Å². The lowest BCUT2D eigenvalue weighted by Gasteiger charge is -2.14. The average Bonchev–Trinajstić information content (AvgIpc) is 2.54. The predicted molar refractivity (Wildman–Crippen MR) is 102 cm³/mol. The van der Waals surface area contributed by atoms with Crippen LogP contribution in [0.5, 0.6) is 0 Å². The molecule has 25 heavy (non-hydrogen) atoms. The van der Waals surface area contributed by atoms with Crippen molar-refractivity contribution in [1.82, 2.24) is 5.32 Å². The number of sulfonamides is 1. The fraction of sp³-hybridized carbons (Fsp3) is 0.278. The Balaban J connectivity index is 1.83. The predicted octanol–water partition coefficient (Wildman–Crippen LogP) is 2.75. The normalized spacial score (nSPS) is 12.6. The van der Waals surface area contributed by atoms with Gasteiger partial charge >= 0.3 is 0 Å². The van der Waals surface area contributed by atoms with E-state index in [9.17, 15) is 13.2 Å². The molecule has 2 aromatic rings. The highest BCUT2D eigenvalue weighted by atomic mass is 32.2. The highest BCUT2D eigenvalue weighted by Gasteiger charge is 2.12. The summed E-state index contributed by atoms with van der Waals surface area (Å²) in [6.07, 6.45) is 0. The van der Waals surface area contributed by atoms with Crippen molar-refractivity contribution in [2.45, 2.75) is 30.5 Å². The number of thioether (sulfide) groups is 1. The number of nitrogens with one attached hydrogen (secondary N) is 1. The molecule has 5 nitrogen and oxygen atoms in total. The number of carbonyl (C=O) groups is 1. The lowest BCUT2D eigenvalue weighted by atomic mass is 10.1. The number of hydrogen-bond donors (Lipinski definition) is 2. The molecule has 0 fully saturated rings. The second kappa shape index (κ2) is 8.51. The summed E-state index contributed by atoms with van der Waals surface area (Å²) in [5.74, 6) is 1.10. The van der Waals surface area contributed by atoms with Crippen molar-refractivity contribution in [2.24, 2.45) is 5.14 Å². The van der Waals surface area contributed by atoms with Gasteiger partial charge in [-0.05, 0) is 37.1 Å². The van der Waals surface area contributed by atoms with Crippen LogP contribution in [0.4, 0.5) is 0 Å². The number of primary sulfonamides is 1. The van der Waals surface area contributed by atoms with E-state index in [0.717, 1.165) is 11.3 Å². The van der Waals surface area contributed by atoms with E-state index in [4.69, 9.17) is 5.14 Å². The minimum absolute atomic E-state index is 0.0549. The zero-order valence-electron chi connectivity index (χ0n) is 14.2. The molecule has 0 aliphatic heterocycles. The lowest BCUT2D eigenvalue weighted by molar-refractivity contribution is -0.119. The van der Waals surface area contributed by atoms with Gasteiger partial charge in [0.15, 0.2) is 0 Å². The van der Waals surface area contributed by atoms with Crippen LogP contribution < -0.4 is 10.5 Å². The van der Waals surface area contributed by atoms with Crippen molar-refractivity contribution in [3.8, 4) is 0 Å². The minimum atomic E-state index is -3.70. The largest absolute Gasteiger partial charge is 0.349 e. The topological polar surface area (TPSA) is 89.3 Å². The highest BCUT2D eigenvalue weighted by Crippen LogP contribution is 2.17. The van der Waals surface area contributed by atoms with E-state index < -0.39 is 10.0 Å². The summed E-state index contributed by atoms with van der Waals surface area (Å²) < 4.78 is 22.5. The molecule has 0 aliphatic carbocycles. The Bertz CT molecular complexity index is 834. The van der Waals surface area contributed by atoms with Crippen molar-refractivity contribution in [1.29, 1.82) is 0 Å². The molecule has 1 atom stereocenters. The first-order valence-corrected chi connectivity index (χ1v) is 10.5. The summed E-state index contributed by atoms with van der Waals surface area (Å²) in [6, 6.07) is 14.2. The molecule has 0 saturated heterocycles. The molecule has 2 aromatic carbocycles. The molecule has 0 unspecified atom stereocenters. The second-order valence-corrected chi connectivity index (χ2v) is 8.43. The monoisotopic (exact) mass is 378 g/mol. The van der Waals surface area contributed by atoms with Crippen LogP contribution in [0.2, 0.25) is 0 Å². The van der Waals surface area contributed by atoms with Crippen molar-refractivity contribution in [2.75, 3.05) is 5.75 Å². The lowest BCUT2D eigenvalue weighted by Crippen LogP contribution is -2.28. The molecule has 0 bridgehead atoms. The first-order valence-electron chi connectivity index (χ1n) is 7.81. The smallest absolute Gasteiger partial charge is 0.238 e. The Morgan fingerprint density at radius 3 is 2.48 bits per heavy atom. The van der Waals surface area contributed by atoms with Crippen LogP contribution >= 0.6 is 11.8 Å². The van der Waals surface area contributed by atoms with Gasteiger partial charge in [0.1, 0.15) is 0 Å². The number of nitrogens with two attached hydrogens (primary N) is 1. The summed E-state index contributed by atoms with van der Waals surface area (Å²) in [5, 5.41) is 7.99. The molecule has 0 saturated carbocycles. The quantitative estimate of drug-likeness (QED) is 0.775. The van der Waals surface area contributed by atoms with Crippen LogP contribution in [0, 0.1) is 6.92 Å². The van der Waals surface area contributed by atoms with E-state index >= 15 is 0 Å². The highest BCUT2D eigenvalue weighted by molar-refractivity contribution is 7.99. The summed E-state index contributed by atoms with van der Waals surface area (Å²) in [6.45, 7) is 3.90. The van der Waals surface area contributed by atoms with Crippen LogP contribution in [0.1, 0.15) is 29.7 Å². The van der Waals surface area contributed by atoms with Gasteiger partial charge in [0.2, 0.25) is 15.9 Å². The minimum Gasteiger partial charge on any atom is -0.349 e. The molecule has 2 rings (SSSR count). The maximum absolute atomic E-state index is 12.1. The SMILES string of the molecule is Cc1cccc(CSCC(=O)N[C@H](C)c2ccc(S(N)(=O)=O)cc2)c1. The molecule has 134 valence electrons. The average molecular weight is 379 g/mol. The maximum Gasteiger partial charge on any atom is 0.238 e. The fourth-order valence-electron chi connectivity index (χ4n) is 2.38. The Morgan fingerprint density at radius 2 is 1.88 bits per heavy atom. The van der Waals surface area contributed by atoms with E-state index in [0.29, 0.717) is 5.75 Å². The molecule has 7 heteroatoms. The van der Waals surface area contributed by atoms with Gasteiger partial charge in [0, 0.05) is 5.75 Å². The van der Waals surface area contributed by atoms with Crippen LogP contribution in [-0.2, 0) is 20.6 Å². The number of carbonyl (C=O) groups excluding carboxylic acids is 1. The summed E-state index contributed by atoms with van der Waals surface area (Å²) in [7, 11) is -3.70. The van der Waals surface area contributed by atoms with Gasteiger partial charge in [-0.3, -0.25) is 4.79 Å². The first-order chi connectivity index (χ1) is 11.8. The van der Waals surface area contributed by atoms with Crippen LogP contribution in [-0.4, -0.2) is 20.1 Å². The maximum atomic E-state index is 12.1. The van der Waals surface area contributed by atoms with E-state index in [1.165, 1.54) is 23.3 Å². The third-order valence-electron chi connectivity index (χ3n) is 3.67. The van der Waals surface area contributed by atoms with Crippen molar-refractivity contribution in [3.05, 3.63) is 65.2 Å².